The van der Waals surface area contributed by atoms with Crippen molar-refractivity contribution in [3.05, 3.63) is 11.3 Å². The van der Waals surface area contributed by atoms with Crippen LogP contribution in [0.4, 0.5) is 0 Å². The lowest BCUT2D eigenvalue weighted by molar-refractivity contribution is -0.121. The van der Waals surface area contributed by atoms with E-state index in [2.05, 4.69) is 27.7 Å². The van der Waals surface area contributed by atoms with E-state index in [0.717, 1.165) is 25.7 Å². The molecule has 1 N–H and O–H groups in total. The summed E-state index contributed by atoms with van der Waals surface area (Å²) in [4.78, 5) is 13.3. The van der Waals surface area contributed by atoms with Crippen LogP contribution in [0.3, 0.4) is 0 Å². The van der Waals surface area contributed by atoms with Crippen molar-refractivity contribution in [1.82, 2.24) is 0 Å². The molecule has 0 aromatic rings. The predicted molar refractivity (Wildman–Crippen MR) is 134 cm³/mol. The van der Waals surface area contributed by atoms with Gasteiger partial charge in [0.15, 0.2) is 5.78 Å². The molecule has 2 heteroatoms. The summed E-state index contributed by atoms with van der Waals surface area (Å²) in [5.74, 6) is 1.07. The molecule has 0 radical (unpaired) electrons. The zero-order valence-corrected chi connectivity index (χ0v) is 21.8. The molecule has 0 atom stereocenters. The lowest BCUT2D eigenvalue weighted by Crippen LogP contribution is -2.36. The highest BCUT2D eigenvalue weighted by Crippen LogP contribution is 2.55. The summed E-state index contributed by atoms with van der Waals surface area (Å²) in [5.41, 5.74) is 2.75. The first kappa shape index (κ1) is 24.3. The van der Waals surface area contributed by atoms with Crippen molar-refractivity contribution in [2.24, 2.45) is 33.5 Å². The summed E-state index contributed by atoms with van der Waals surface area (Å²) in [6, 6.07) is 0. The summed E-state index contributed by atoms with van der Waals surface area (Å²) in [6.07, 6.45) is 19.9. The molecule has 0 saturated heterocycles. The SMILES string of the molecule is C/C(C(=O)C1CCC2(CC1)CCC(C)(C)CC2)=C(/O)C1CCC2(CC1)CCC(C)(C)CC2. The van der Waals surface area contributed by atoms with Crippen LogP contribution in [0.25, 0.3) is 0 Å². The van der Waals surface area contributed by atoms with Gasteiger partial charge in [0, 0.05) is 17.4 Å². The van der Waals surface area contributed by atoms with Crippen molar-refractivity contribution in [2.75, 3.05) is 0 Å². The van der Waals surface area contributed by atoms with Gasteiger partial charge in [-0.3, -0.25) is 4.79 Å². The molecule has 0 aromatic heterocycles. The highest BCUT2D eigenvalue weighted by molar-refractivity contribution is 5.97. The number of carbonyl (C=O) groups excluding carboxylic acids is 1. The number of hydrogen-bond acceptors (Lipinski definition) is 2. The molecule has 0 aromatic carbocycles. The van der Waals surface area contributed by atoms with E-state index in [1.165, 1.54) is 77.0 Å². The van der Waals surface area contributed by atoms with Gasteiger partial charge >= 0.3 is 0 Å². The Morgan fingerprint density at radius 2 is 0.938 bits per heavy atom. The van der Waals surface area contributed by atoms with E-state index in [1.54, 1.807) is 0 Å². The number of hydrogen-bond donors (Lipinski definition) is 1. The third kappa shape index (κ3) is 5.15. The van der Waals surface area contributed by atoms with Crippen LogP contribution in [0.5, 0.6) is 0 Å². The molecule has 0 amide bonds. The lowest BCUT2D eigenvalue weighted by atomic mass is 9.58. The Morgan fingerprint density at radius 3 is 1.31 bits per heavy atom. The third-order valence-electron chi connectivity index (χ3n) is 10.9. The van der Waals surface area contributed by atoms with Gasteiger partial charge < -0.3 is 5.11 Å². The van der Waals surface area contributed by atoms with Gasteiger partial charge in [-0.05, 0) is 131 Å². The second kappa shape index (κ2) is 8.77. The molecule has 4 aliphatic rings. The van der Waals surface area contributed by atoms with E-state index in [-0.39, 0.29) is 17.6 Å². The number of ketones is 1. The van der Waals surface area contributed by atoms with Crippen molar-refractivity contribution < 1.29 is 9.90 Å². The van der Waals surface area contributed by atoms with E-state index < -0.39 is 0 Å². The fraction of sp³-hybridized carbons (Fsp3) is 0.900. The maximum absolute atomic E-state index is 13.3. The van der Waals surface area contributed by atoms with Crippen LogP contribution in [-0.2, 0) is 4.79 Å². The van der Waals surface area contributed by atoms with E-state index in [0.29, 0.717) is 33.0 Å². The highest BCUT2D eigenvalue weighted by Gasteiger charge is 2.44. The molecule has 4 rings (SSSR count). The van der Waals surface area contributed by atoms with Crippen molar-refractivity contribution in [3.8, 4) is 0 Å². The van der Waals surface area contributed by atoms with Gasteiger partial charge in [-0.15, -0.1) is 0 Å². The second-order valence-electron chi connectivity index (χ2n) is 14.3. The number of aliphatic hydroxyl groups is 1. The van der Waals surface area contributed by atoms with Crippen molar-refractivity contribution in [2.45, 2.75) is 137 Å². The summed E-state index contributed by atoms with van der Waals surface area (Å²) in [7, 11) is 0. The largest absolute Gasteiger partial charge is 0.512 e. The van der Waals surface area contributed by atoms with Gasteiger partial charge in [-0.2, -0.15) is 0 Å². The zero-order chi connectivity index (χ0) is 23.2. The maximum atomic E-state index is 13.3. The van der Waals surface area contributed by atoms with Gasteiger partial charge in [0.25, 0.3) is 0 Å². The average molecular weight is 443 g/mol. The van der Waals surface area contributed by atoms with E-state index in [1.807, 2.05) is 6.92 Å². The minimum absolute atomic E-state index is 0.147. The lowest BCUT2D eigenvalue weighted by Gasteiger charge is -2.47. The molecule has 0 bridgehead atoms. The number of rotatable bonds is 3. The van der Waals surface area contributed by atoms with Crippen LogP contribution in [0.1, 0.15) is 137 Å². The first-order valence-electron chi connectivity index (χ1n) is 13.9. The molecule has 4 saturated carbocycles. The molecule has 4 aliphatic carbocycles. The molecule has 0 aliphatic heterocycles. The first-order chi connectivity index (χ1) is 14.9. The van der Waals surface area contributed by atoms with Gasteiger partial charge in [-0.25, -0.2) is 0 Å². The Morgan fingerprint density at radius 1 is 0.594 bits per heavy atom. The molecule has 182 valence electrons. The molecular formula is C30H50O2. The summed E-state index contributed by atoms with van der Waals surface area (Å²) >= 11 is 0. The van der Waals surface area contributed by atoms with Gasteiger partial charge in [-0.1, -0.05) is 27.7 Å². The van der Waals surface area contributed by atoms with Crippen LogP contribution >= 0.6 is 0 Å². The standard InChI is InChI=1S/C30H50O2/c1-22(25(31)23-6-10-29(11-7-23)18-14-27(2,3)15-19-29)26(32)24-8-12-30(13-9-24)20-16-28(4,5)17-21-30/h23-24,31H,6-21H2,1-5H3/b25-22-. The fourth-order valence-corrected chi connectivity index (χ4v) is 7.65. The summed E-state index contributed by atoms with van der Waals surface area (Å²) < 4.78 is 0. The number of allylic oxidation sites excluding steroid dienone is 2. The molecule has 0 unspecified atom stereocenters. The van der Waals surface area contributed by atoms with Crippen molar-refractivity contribution >= 4 is 5.78 Å². The van der Waals surface area contributed by atoms with Crippen LogP contribution in [0.2, 0.25) is 0 Å². The minimum Gasteiger partial charge on any atom is -0.512 e. The van der Waals surface area contributed by atoms with Crippen molar-refractivity contribution in [3.63, 3.8) is 0 Å². The summed E-state index contributed by atoms with van der Waals surface area (Å²) in [5, 5.41) is 11.1. The maximum Gasteiger partial charge on any atom is 0.164 e. The Kier molecular flexibility index (Phi) is 6.67. The minimum atomic E-state index is 0.147. The van der Waals surface area contributed by atoms with Crippen LogP contribution < -0.4 is 0 Å². The third-order valence-corrected chi connectivity index (χ3v) is 10.9. The normalized spacial score (nSPS) is 30.8. The van der Waals surface area contributed by atoms with Crippen LogP contribution in [0.15, 0.2) is 11.3 Å². The smallest absolute Gasteiger partial charge is 0.164 e. The second-order valence-corrected chi connectivity index (χ2v) is 14.3. The Bertz CT molecular complexity index is 700. The number of Topliss-reactive ketones (excluding diaryl/α,β-unsaturated/α-hetero) is 1. The predicted octanol–water partition coefficient (Wildman–Crippen LogP) is 8.94. The Balaban J connectivity index is 1.30. The molecule has 0 heterocycles. The molecule has 4 fully saturated rings. The van der Waals surface area contributed by atoms with Crippen LogP contribution in [-0.4, -0.2) is 10.9 Å². The Labute approximate surface area is 198 Å². The van der Waals surface area contributed by atoms with Crippen LogP contribution in [0, 0.1) is 33.5 Å². The summed E-state index contributed by atoms with van der Waals surface area (Å²) in [6.45, 7) is 11.6. The van der Waals surface area contributed by atoms with Gasteiger partial charge in [0.1, 0.15) is 5.76 Å². The number of carbonyl (C=O) groups is 1. The molecular weight excluding hydrogens is 392 g/mol. The molecule has 2 spiro atoms. The average Bonchev–Trinajstić information content (AvgIpc) is 2.78. The van der Waals surface area contributed by atoms with Gasteiger partial charge in [0.2, 0.25) is 0 Å². The molecule has 32 heavy (non-hydrogen) atoms. The first-order valence-corrected chi connectivity index (χ1v) is 13.9. The fourth-order valence-electron chi connectivity index (χ4n) is 7.65. The van der Waals surface area contributed by atoms with E-state index in [9.17, 15) is 9.90 Å². The zero-order valence-electron chi connectivity index (χ0n) is 21.8. The molecule has 2 nitrogen and oxygen atoms in total. The highest BCUT2D eigenvalue weighted by atomic mass is 16.3. The van der Waals surface area contributed by atoms with E-state index in [4.69, 9.17) is 0 Å². The van der Waals surface area contributed by atoms with Crippen molar-refractivity contribution in [1.29, 1.82) is 0 Å². The Hall–Kier alpha value is -0.790. The quantitative estimate of drug-likeness (QED) is 0.350. The number of aliphatic hydroxyl groups excluding tert-OH is 1. The topological polar surface area (TPSA) is 37.3 Å². The van der Waals surface area contributed by atoms with Gasteiger partial charge in [0.05, 0.1) is 0 Å². The monoisotopic (exact) mass is 442 g/mol. The van der Waals surface area contributed by atoms with E-state index >= 15 is 0 Å².